The molecular formula is C18H19N7O4. The Hall–Kier alpha value is -3.86. The number of ether oxygens (including phenoxy) is 1. The summed E-state index contributed by atoms with van der Waals surface area (Å²) in [6.07, 6.45) is -1.19. The molecule has 0 atom stereocenters. The SMILES string of the molecule is COCc1cccc(/C(=N\OCc2cccc(NC(=O)O)n2)c2nnnn2C)c1. The summed E-state index contributed by atoms with van der Waals surface area (Å²) in [5.41, 5.74) is 2.66. The summed E-state index contributed by atoms with van der Waals surface area (Å²) in [4.78, 5) is 20.4. The van der Waals surface area contributed by atoms with Crippen molar-refractivity contribution >= 4 is 17.6 Å². The van der Waals surface area contributed by atoms with E-state index < -0.39 is 6.09 Å². The van der Waals surface area contributed by atoms with Crippen molar-refractivity contribution in [1.29, 1.82) is 0 Å². The van der Waals surface area contributed by atoms with Crippen molar-refractivity contribution in [3.63, 3.8) is 0 Å². The van der Waals surface area contributed by atoms with Crippen molar-refractivity contribution in [3.05, 3.63) is 65.1 Å². The molecule has 2 aromatic heterocycles. The van der Waals surface area contributed by atoms with Gasteiger partial charge in [-0.2, -0.15) is 0 Å². The second kappa shape index (κ2) is 9.37. The number of benzene rings is 1. The maximum absolute atomic E-state index is 10.7. The number of carbonyl (C=O) groups is 1. The fourth-order valence-corrected chi connectivity index (χ4v) is 2.53. The summed E-state index contributed by atoms with van der Waals surface area (Å²) < 4.78 is 6.67. The van der Waals surface area contributed by atoms with Crippen molar-refractivity contribution in [2.75, 3.05) is 12.4 Å². The van der Waals surface area contributed by atoms with Crippen molar-refractivity contribution < 1.29 is 19.5 Å². The van der Waals surface area contributed by atoms with Gasteiger partial charge in [-0.1, -0.05) is 29.4 Å². The fourth-order valence-electron chi connectivity index (χ4n) is 2.53. The van der Waals surface area contributed by atoms with E-state index in [2.05, 4.69) is 31.0 Å². The van der Waals surface area contributed by atoms with Crippen LogP contribution in [0.2, 0.25) is 0 Å². The number of aryl methyl sites for hydroxylation is 1. The van der Waals surface area contributed by atoms with Crippen LogP contribution in [0.5, 0.6) is 0 Å². The fraction of sp³-hybridized carbons (Fsp3) is 0.222. The van der Waals surface area contributed by atoms with E-state index in [0.29, 0.717) is 23.8 Å². The molecule has 11 nitrogen and oxygen atoms in total. The zero-order valence-corrected chi connectivity index (χ0v) is 15.8. The smallest absolute Gasteiger partial charge is 0.410 e. The number of nitrogens with zero attached hydrogens (tertiary/aromatic N) is 6. The van der Waals surface area contributed by atoms with Crippen molar-refractivity contribution in [2.45, 2.75) is 13.2 Å². The van der Waals surface area contributed by atoms with Gasteiger partial charge < -0.3 is 14.7 Å². The molecule has 0 fully saturated rings. The number of hydrogen-bond donors (Lipinski definition) is 2. The van der Waals surface area contributed by atoms with E-state index in [1.165, 1.54) is 4.68 Å². The third kappa shape index (κ3) is 5.32. The number of rotatable bonds is 8. The lowest BCUT2D eigenvalue weighted by molar-refractivity contribution is 0.128. The lowest BCUT2D eigenvalue weighted by atomic mass is 10.1. The molecule has 0 aliphatic heterocycles. The lowest BCUT2D eigenvalue weighted by Crippen LogP contribution is -2.13. The predicted octanol–water partition coefficient (Wildman–Crippen LogP) is 1.81. The van der Waals surface area contributed by atoms with Crippen LogP contribution in [0.15, 0.2) is 47.6 Å². The average molecular weight is 397 g/mol. The van der Waals surface area contributed by atoms with Crippen LogP contribution in [0.1, 0.15) is 22.6 Å². The molecule has 3 rings (SSSR count). The Labute approximate surface area is 166 Å². The molecule has 2 heterocycles. The Balaban J connectivity index is 1.84. The molecule has 0 aliphatic carbocycles. The highest BCUT2D eigenvalue weighted by atomic mass is 16.6. The molecule has 11 heteroatoms. The lowest BCUT2D eigenvalue weighted by Gasteiger charge is -2.08. The molecule has 0 aliphatic rings. The normalized spacial score (nSPS) is 11.3. The van der Waals surface area contributed by atoms with E-state index in [4.69, 9.17) is 14.7 Å². The zero-order valence-electron chi connectivity index (χ0n) is 15.8. The third-order valence-corrected chi connectivity index (χ3v) is 3.75. The van der Waals surface area contributed by atoms with E-state index in [9.17, 15) is 4.79 Å². The standard InChI is InChI=1S/C18H19N7O4/c1-25-17(21-23-24-25)16(13-6-3-5-12(9-13)10-28-2)22-29-11-14-7-4-8-15(19-14)20-18(26)27/h3-9H,10-11H2,1-2H3,(H,19,20)(H,26,27)/b22-16+. The van der Waals surface area contributed by atoms with Crippen molar-refractivity contribution in [1.82, 2.24) is 25.2 Å². The number of pyridine rings is 1. The van der Waals surface area contributed by atoms with Gasteiger partial charge in [0.05, 0.1) is 12.3 Å². The van der Waals surface area contributed by atoms with Crippen molar-refractivity contribution in [3.8, 4) is 0 Å². The van der Waals surface area contributed by atoms with Crippen LogP contribution in [-0.4, -0.2) is 49.2 Å². The summed E-state index contributed by atoms with van der Waals surface area (Å²) >= 11 is 0. The van der Waals surface area contributed by atoms with E-state index in [0.717, 1.165) is 11.1 Å². The zero-order chi connectivity index (χ0) is 20.6. The highest BCUT2D eigenvalue weighted by molar-refractivity contribution is 6.10. The van der Waals surface area contributed by atoms with Gasteiger partial charge in [-0.25, -0.2) is 14.5 Å². The largest absolute Gasteiger partial charge is 0.465 e. The molecular weight excluding hydrogens is 378 g/mol. The number of tetrazole rings is 1. The van der Waals surface area contributed by atoms with E-state index in [-0.39, 0.29) is 12.4 Å². The number of oxime groups is 1. The summed E-state index contributed by atoms with van der Waals surface area (Å²) in [5.74, 6) is 0.626. The molecule has 0 radical (unpaired) electrons. The highest BCUT2D eigenvalue weighted by Gasteiger charge is 2.16. The van der Waals surface area contributed by atoms with Gasteiger partial charge in [0.2, 0.25) is 5.82 Å². The molecule has 2 N–H and O–H groups in total. The molecule has 0 saturated heterocycles. The summed E-state index contributed by atoms with van der Waals surface area (Å²) in [5, 5.41) is 26.7. The van der Waals surface area contributed by atoms with E-state index in [1.807, 2.05) is 24.3 Å². The Morgan fingerprint density at radius 1 is 1.24 bits per heavy atom. The third-order valence-electron chi connectivity index (χ3n) is 3.75. The van der Waals surface area contributed by atoms with Crippen LogP contribution in [0.25, 0.3) is 0 Å². The maximum Gasteiger partial charge on any atom is 0.410 e. The highest BCUT2D eigenvalue weighted by Crippen LogP contribution is 2.13. The molecule has 29 heavy (non-hydrogen) atoms. The summed E-state index contributed by atoms with van der Waals surface area (Å²) in [6.45, 7) is 0.480. The number of aromatic nitrogens is 5. The quantitative estimate of drug-likeness (QED) is 0.434. The first-order valence-electron chi connectivity index (χ1n) is 8.53. The molecule has 1 aromatic carbocycles. The number of carboxylic acid groups (broad SMARTS) is 1. The molecule has 1 amide bonds. The van der Waals surface area contributed by atoms with Gasteiger partial charge >= 0.3 is 6.09 Å². The van der Waals surface area contributed by atoms with Gasteiger partial charge in [0.15, 0.2) is 12.3 Å². The predicted molar refractivity (Wildman–Crippen MR) is 102 cm³/mol. The maximum atomic E-state index is 10.7. The second-order valence-electron chi connectivity index (χ2n) is 5.92. The first-order chi connectivity index (χ1) is 14.1. The number of methoxy groups -OCH3 is 1. The van der Waals surface area contributed by atoms with Gasteiger partial charge in [-0.3, -0.25) is 5.32 Å². The van der Waals surface area contributed by atoms with E-state index >= 15 is 0 Å². The number of anilines is 1. The minimum absolute atomic E-state index is 0.0294. The number of hydrogen-bond acceptors (Lipinski definition) is 8. The van der Waals surface area contributed by atoms with Crippen molar-refractivity contribution in [2.24, 2.45) is 12.2 Å². The summed E-state index contributed by atoms with van der Waals surface area (Å²) in [6, 6.07) is 12.5. The molecule has 3 aromatic rings. The average Bonchev–Trinajstić information content (AvgIpc) is 3.11. The van der Waals surface area contributed by atoms with Crippen LogP contribution in [0, 0.1) is 0 Å². The molecule has 150 valence electrons. The Kier molecular flexibility index (Phi) is 6.43. The van der Waals surface area contributed by atoms with Crippen LogP contribution >= 0.6 is 0 Å². The monoisotopic (exact) mass is 397 g/mol. The minimum atomic E-state index is -1.19. The first kappa shape index (κ1) is 19.9. The Bertz CT molecular complexity index is 1020. The molecule has 0 saturated carbocycles. The van der Waals surface area contributed by atoms with Gasteiger partial charge in [-0.05, 0) is 34.2 Å². The summed E-state index contributed by atoms with van der Waals surface area (Å²) in [7, 11) is 3.32. The van der Waals surface area contributed by atoms with Gasteiger partial charge in [0.1, 0.15) is 5.82 Å². The van der Waals surface area contributed by atoms with Crippen LogP contribution in [0.4, 0.5) is 10.6 Å². The second-order valence-corrected chi connectivity index (χ2v) is 5.92. The topological polar surface area (TPSA) is 137 Å². The molecule has 0 unspecified atom stereocenters. The number of amides is 1. The Morgan fingerprint density at radius 2 is 2.07 bits per heavy atom. The van der Waals surface area contributed by atoms with Crippen LogP contribution < -0.4 is 5.32 Å². The van der Waals surface area contributed by atoms with Crippen LogP contribution in [-0.2, 0) is 29.8 Å². The van der Waals surface area contributed by atoms with Gasteiger partial charge in [0, 0.05) is 19.7 Å². The van der Waals surface area contributed by atoms with Gasteiger partial charge in [0.25, 0.3) is 0 Å². The molecule has 0 spiro atoms. The Morgan fingerprint density at radius 3 is 2.79 bits per heavy atom. The minimum Gasteiger partial charge on any atom is -0.465 e. The van der Waals surface area contributed by atoms with Gasteiger partial charge in [-0.15, -0.1) is 5.10 Å². The molecule has 0 bridgehead atoms. The van der Waals surface area contributed by atoms with E-state index in [1.54, 1.807) is 32.4 Å². The first-order valence-corrected chi connectivity index (χ1v) is 8.53. The number of nitrogens with one attached hydrogen (secondary N) is 1. The van der Waals surface area contributed by atoms with Crippen LogP contribution in [0.3, 0.4) is 0 Å².